The van der Waals surface area contributed by atoms with E-state index in [0.29, 0.717) is 6.04 Å². The van der Waals surface area contributed by atoms with Crippen LogP contribution in [0.1, 0.15) is 12.8 Å². The van der Waals surface area contributed by atoms with Gasteiger partial charge in [0.25, 0.3) is 0 Å². The van der Waals surface area contributed by atoms with E-state index in [4.69, 9.17) is 0 Å². The molecule has 0 atom stereocenters. The van der Waals surface area contributed by atoms with Crippen LogP contribution in [0.5, 0.6) is 0 Å². The Labute approximate surface area is 158 Å². The van der Waals surface area contributed by atoms with Crippen LogP contribution in [0.15, 0.2) is 43.0 Å². The van der Waals surface area contributed by atoms with Crippen molar-refractivity contribution < 1.29 is 0 Å². The van der Waals surface area contributed by atoms with E-state index in [9.17, 15) is 0 Å². The summed E-state index contributed by atoms with van der Waals surface area (Å²) in [5.41, 5.74) is 0.897. The zero-order chi connectivity index (χ0) is 18.1. The number of hydrogen-bond donors (Lipinski definition) is 2. The van der Waals surface area contributed by atoms with Gasteiger partial charge in [0.05, 0.1) is 5.39 Å². The number of rotatable bonds is 5. The second-order valence-corrected chi connectivity index (χ2v) is 7.62. The first kappa shape index (κ1) is 16.5. The minimum Gasteiger partial charge on any atom is -0.367 e. The van der Waals surface area contributed by atoms with Gasteiger partial charge in [0, 0.05) is 51.2 Å². The Morgan fingerprint density at radius 3 is 2.74 bits per heavy atom. The Hall–Kier alpha value is -2.67. The van der Waals surface area contributed by atoms with E-state index in [2.05, 4.69) is 47.2 Å². The van der Waals surface area contributed by atoms with Gasteiger partial charge in [0.15, 0.2) is 0 Å². The molecule has 5 rings (SSSR count). The van der Waals surface area contributed by atoms with Gasteiger partial charge in [-0.25, -0.2) is 15.0 Å². The van der Waals surface area contributed by atoms with Gasteiger partial charge in [-0.3, -0.25) is 4.90 Å². The van der Waals surface area contributed by atoms with E-state index in [1.54, 1.807) is 6.33 Å². The maximum atomic E-state index is 4.47. The second-order valence-electron chi connectivity index (χ2n) is 7.62. The van der Waals surface area contributed by atoms with E-state index in [0.717, 1.165) is 54.8 Å². The standard InChI is InChI=1S/C20H25N7/c1-2-5-21-18(3-1)27-9-7-26(8-10-27)13-15-11-16(12-15)25-20-17-4-6-22-19(17)23-14-24-20/h1-6,14-16H,7-13H2,(H2,22,23,24,25). The number of anilines is 2. The molecule has 2 aliphatic rings. The van der Waals surface area contributed by atoms with Gasteiger partial charge in [-0.1, -0.05) is 6.07 Å². The number of pyridine rings is 1. The first-order valence-electron chi connectivity index (χ1n) is 9.78. The van der Waals surface area contributed by atoms with Crippen LogP contribution in [0.2, 0.25) is 0 Å². The maximum Gasteiger partial charge on any atom is 0.142 e. The smallest absolute Gasteiger partial charge is 0.142 e. The Morgan fingerprint density at radius 2 is 1.93 bits per heavy atom. The summed E-state index contributed by atoms with van der Waals surface area (Å²) < 4.78 is 0. The van der Waals surface area contributed by atoms with Crippen LogP contribution >= 0.6 is 0 Å². The molecule has 140 valence electrons. The monoisotopic (exact) mass is 363 g/mol. The minimum absolute atomic E-state index is 0.526. The Morgan fingerprint density at radius 1 is 1.04 bits per heavy atom. The molecule has 0 bridgehead atoms. The molecule has 0 radical (unpaired) electrons. The molecular formula is C20H25N7. The van der Waals surface area contributed by atoms with Crippen molar-refractivity contribution in [2.45, 2.75) is 18.9 Å². The van der Waals surface area contributed by atoms with Gasteiger partial charge in [-0.15, -0.1) is 0 Å². The zero-order valence-electron chi connectivity index (χ0n) is 15.4. The second kappa shape index (κ2) is 7.15. The predicted molar refractivity (Wildman–Crippen MR) is 107 cm³/mol. The molecule has 0 unspecified atom stereocenters. The van der Waals surface area contributed by atoms with Crippen molar-refractivity contribution in [3.63, 3.8) is 0 Å². The Bertz CT molecular complexity index is 879. The average Bonchev–Trinajstić information content (AvgIpc) is 3.17. The topological polar surface area (TPSA) is 73.0 Å². The number of fused-ring (bicyclic) bond motifs is 1. The fraction of sp³-hybridized carbons (Fsp3) is 0.450. The summed E-state index contributed by atoms with van der Waals surface area (Å²) in [5, 5.41) is 4.67. The lowest BCUT2D eigenvalue weighted by Crippen LogP contribution is -2.50. The van der Waals surface area contributed by atoms with E-state index >= 15 is 0 Å². The van der Waals surface area contributed by atoms with Crippen molar-refractivity contribution in [3.05, 3.63) is 43.0 Å². The molecule has 27 heavy (non-hydrogen) atoms. The number of nitrogens with zero attached hydrogens (tertiary/aromatic N) is 5. The van der Waals surface area contributed by atoms with Gasteiger partial charge >= 0.3 is 0 Å². The summed E-state index contributed by atoms with van der Waals surface area (Å²) in [5.74, 6) is 2.84. The van der Waals surface area contributed by atoms with Gasteiger partial charge in [0.2, 0.25) is 0 Å². The van der Waals surface area contributed by atoms with Gasteiger partial charge in [-0.05, 0) is 37.0 Å². The number of nitrogens with one attached hydrogen (secondary N) is 2. The molecule has 4 heterocycles. The maximum absolute atomic E-state index is 4.47. The van der Waals surface area contributed by atoms with Crippen molar-refractivity contribution in [1.82, 2.24) is 24.8 Å². The molecule has 2 N–H and O–H groups in total. The van der Waals surface area contributed by atoms with Crippen LogP contribution in [-0.2, 0) is 0 Å². The summed E-state index contributed by atoms with van der Waals surface area (Å²) >= 11 is 0. The number of piperazine rings is 1. The lowest BCUT2D eigenvalue weighted by Gasteiger charge is -2.42. The summed E-state index contributed by atoms with van der Waals surface area (Å²) in [6.07, 6.45) is 7.85. The lowest BCUT2D eigenvalue weighted by atomic mass is 9.79. The van der Waals surface area contributed by atoms with Crippen LogP contribution in [0.25, 0.3) is 11.0 Å². The van der Waals surface area contributed by atoms with E-state index in [1.807, 2.05) is 24.5 Å². The van der Waals surface area contributed by atoms with Gasteiger partial charge < -0.3 is 15.2 Å². The van der Waals surface area contributed by atoms with Crippen LogP contribution in [0, 0.1) is 5.92 Å². The third kappa shape index (κ3) is 3.47. The van der Waals surface area contributed by atoms with Crippen LogP contribution < -0.4 is 10.2 Å². The minimum atomic E-state index is 0.526. The SMILES string of the molecule is c1ccc(N2CCN(CC3CC(Nc4ncnc5[nH]ccc45)C3)CC2)nc1. The molecule has 3 aromatic heterocycles. The zero-order valence-corrected chi connectivity index (χ0v) is 15.4. The van der Waals surface area contributed by atoms with Crippen molar-refractivity contribution in [2.24, 2.45) is 5.92 Å². The lowest BCUT2D eigenvalue weighted by molar-refractivity contribution is 0.160. The molecule has 3 aromatic rings. The third-order valence-electron chi connectivity index (χ3n) is 5.79. The van der Waals surface area contributed by atoms with Crippen LogP contribution in [0.4, 0.5) is 11.6 Å². The van der Waals surface area contributed by atoms with Gasteiger partial charge in [0.1, 0.15) is 23.6 Å². The fourth-order valence-corrected chi connectivity index (χ4v) is 4.25. The molecule has 7 nitrogen and oxygen atoms in total. The van der Waals surface area contributed by atoms with E-state index in [1.165, 1.54) is 19.4 Å². The van der Waals surface area contributed by atoms with Crippen molar-refractivity contribution in [2.75, 3.05) is 42.9 Å². The molecule has 1 aliphatic heterocycles. The highest BCUT2D eigenvalue weighted by Crippen LogP contribution is 2.32. The Balaban J connectivity index is 1.08. The highest BCUT2D eigenvalue weighted by atomic mass is 15.3. The largest absolute Gasteiger partial charge is 0.367 e. The molecule has 1 aliphatic carbocycles. The molecule has 0 spiro atoms. The van der Waals surface area contributed by atoms with E-state index < -0.39 is 0 Å². The molecule has 7 heteroatoms. The quantitative estimate of drug-likeness (QED) is 0.725. The van der Waals surface area contributed by atoms with Crippen molar-refractivity contribution in [3.8, 4) is 0 Å². The Kier molecular flexibility index (Phi) is 4.37. The summed E-state index contributed by atoms with van der Waals surface area (Å²) in [4.78, 5) is 21.3. The average molecular weight is 363 g/mol. The molecule has 1 saturated carbocycles. The van der Waals surface area contributed by atoms with Gasteiger partial charge in [-0.2, -0.15) is 0 Å². The first-order chi connectivity index (χ1) is 13.3. The highest BCUT2D eigenvalue weighted by Gasteiger charge is 2.32. The molecule has 2 fully saturated rings. The van der Waals surface area contributed by atoms with Crippen LogP contribution in [0.3, 0.4) is 0 Å². The molecule has 0 aromatic carbocycles. The van der Waals surface area contributed by atoms with Crippen molar-refractivity contribution >= 4 is 22.7 Å². The number of H-pyrrole nitrogens is 1. The summed E-state index contributed by atoms with van der Waals surface area (Å²) in [7, 11) is 0. The summed E-state index contributed by atoms with van der Waals surface area (Å²) in [6.45, 7) is 5.59. The molecular weight excluding hydrogens is 338 g/mol. The summed E-state index contributed by atoms with van der Waals surface area (Å²) in [6, 6.07) is 8.71. The van der Waals surface area contributed by atoms with E-state index in [-0.39, 0.29) is 0 Å². The predicted octanol–water partition coefficient (Wildman–Crippen LogP) is 2.37. The van der Waals surface area contributed by atoms with Crippen LogP contribution in [-0.4, -0.2) is 63.6 Å². The number of aromatic amines is 1. The third-order valence-corrected chi connectivity index (χ3v) is 5.79. The number of hydrogen-bond acceptors (Lipinski definition) is 6. The van der Waals surface area contributed by atoms with Crippen molar-refractivity contribution in [1.29, 1.82) is 0 Å². The molecule has 1 saturated heterocycles. The fourth-order valence-electron chi connectivity index (χ4n) is 4.25. The molecule has 0 amide bonds. The first-order valence-corrected chi connectivity index (χ1v) is 9.78. The number of aromatic nitrogens is 4. The highest BCUT2D eigenvalue weighted by molar-refractivity contribution is 5.86. The normalized spacial score (nSPS) is 23.3.